The molecule has 5 N–H and O–H groups in total. The van der Waals surface area contributed by atoms with Gasteiger partial charge in [-0.15, -0.1) is 11.8 Å². The lowest BCUT2D eigenvalue weighted by atomic mass is 10.0. The number of thioether (sulfide) groups is 1. The third-order valence-electron chi connectivity index (χ3n) is 3.09. The Kier molecular flexibility index (Phi) is 4.91. The number of halogens is 1. The topological polar surface area (TPSA) is 98.2 Å². The van der Waals surface area contributed by atoms with Gasteiger partial charge in [0.15, 0.2) is 0 Å². The number of carbonyl (C=O) groups is 2. The van der Waals surface area contributed by atoms with Crippen LogP contribution in [0.15, 0.2) is 23.1 Å². The molecule has 1 aromatic rings. The van der Waals surface area contributed by atoms with Crippen LogP contribution in [0.2, 0.25) is 5.02 Å². The lowest BCUT2D eigenvalue weighted by Crippen LogP contribution is -2.44. The second-order valence-corrected chi connectivity index (χ2v) is 6.23. The van der Waals surface area contributed by atoms with Gasteiger partial charge >= 0.3 is 0 Å². The van der Waals surface area contributed by atoms with E-state index in [0.717, 1.165) is 22.6 Å². The third kappa shape index (κ3) is 3.65. The van der Waals surface area contributed by atoms with Crippen molar-refractivity contribution in [2.45, 2.75) is 29.8 Å². The van der Waals surface area contributed by atoms with E-state index in [2.05, 4.69) is 5.32 Å². The fourth-order valence-electron chi connectivity index (χ4n) is 2.10. The molecule has 0 saturated heterocycles. The monoisotopic (exact) mass is 313 g/mol. The number of hydrogen-bond donors (Lipinski definition) is 3. The summed E-state index contributed by atoms with van der Waals surface area (Å²) in [6, 6.07) is 4.59. The molecule has 20 heavy (non-hydrogen) atoms. The van der Waals surface area contributed by atoms with Gasteiger partial charge in [0, 0.05) is 15.7 Å². The van der Waals surface area contributed by atoms with Gasteiger partial charge in [-0.1, -0.05) is 11.6 Å². The molecule has 0 fully saturated rings. The average molecular weight is 314 g/mol. The van der Waals surface area contributed by atoms with Gasteiger partial charge in [-0.3, -0.25) is 9.59 Å². The molecule has 0 saturated carbocycles. The van der Waals surface area contributed by atoms with Crippen molar-refractivity contribution in [2.24, 2.45) is 11.5 Å². The molecular weight excluding hydrogens is 298 g/mol. The number of hydrogen-bond acceptors (Lipinski definition) is 4. The molecule has 0 aromatic heterocycles. The zero-order chi connectivity index (χ0) is 14.7. The van der Waals surface area contributed by atoms with Crippen LogP contribution in [-0.4, -0.2) is 23.6 Å². The highest BCUT2D eigenvalue weighted by atomic mass is 35.5. The molecule has 1 aliphatic rings. The predicted molar refractivity (Wildman–Crippen MR) is 79.5 cm³/mol. The summed E-state index contributed by atoms with van der Waals surface area (Å²) in [7, 11) is 0. The molecule has 5 nitrogen and oxygen atoms in total. The highest BCUT2D eigenvalue weighted by Gasteiger charge is 2.25. The number of amides is 2. The summed E-state index contributed by atoms with van der Waals surface area (Å²) in [5.41, 5.74) is 11.7. The normalized spacial score (nSPS) is 19.0. The van der Waals surface area contributed by atoms with Crippen molar-refractivity contribution in [3.05, 3.63) is 28.8 Å². The number of nitrogens with one attached hydrogen (secondary N) is 1. The van der Waals surface area contributed by atoms with Crippen molar-refractivity contribution >= 4 is 35.2 Å². The predicted octanol–water partition coefficient (Wildman–Crippen LogP) is 1.20. The molecule has 1 heterocycles. The van der Waals surface area contributed by atoms with E-state index in [1.807, 2.05) is 18.2 Å². The molecule has 1 aliphatic heterocycles. The summed E-state index contributed by atoms with van der Waals surface area (Å²) in [4.78, 5) is 23.9. The van der Waals surface area contributed by atoms with Crippen LogP contribution in [0.1, 0.15) is 24.4 Å². The summed E-state index contributed by atoms with van der Waals surface area (Å²) >= 11 is 7.73. The molecule has 0 spiro atoms. The first-order chi connectivity index (χ1) is 9.47. The highest BCUT2D eigenvalue weighted by Crippen LogP contribution is 2.37. The lowest BCUT2D eigenvalue weighted by Gasteiger charge is -2.27. The number of rotatable bonds is 4. The van der Waals surface area contributed by atoms with E-state index in [1.54, 1.807) is 11.8 Å². The van der Waals surface area contributed by atoms with Crippen molar-refractivity contribution in [2.75, 3.05) is 5.75 Å². The summed E-state index contributed by atoms with van der Waals surface area (Å²) in [5, 5.41) is 3.50. The summed E-state index contributed by atoms with van der Waals surface area (Å²) in [6.07, 6.45) is 0.642. The maximum atomic E-state index is 12.0. The Morgan fingerprint density at radius 1 is 1.50 bits per heavy atom. The van der Waals surface area contributed by atoms with Crippen LogP contribution in [0.3, 0.4) is 0 Å². The van der Waals surface area contributed by atoms with E-state index in [4.69, 9.17) is 23.1 Å². The Balaban J connectivity index is 2.10. The Morgan fingerprint density at radius 2 is 2.25 bits per heavy atom. The zero-order valence-corrected chi connectivity index (χ0v) is 12.3. The molecule has 2 atom stereocenters. The largest absolute Gasteiger partial charge is 0.370 e. The van der Waals surface area contributed by atoms with Crippen molar-refractivity contribution in [1.82, 2.24) is 5.32 Å². The van der Waals surface area contributed by atoms with Crippen LogP contribution in [-0.2, 0) is 9.59 Å². The average Bonchev–Trinajstić information content (AvgIpc) is 2.38. The van der Waals surface area contributed by atoms with Crippen LogP contribution >= 0.6 is 23.4 Å². The molecule has 108 valence electrons. The first-order valence-electron chi connectivity index (χ1n) is 6.24. The standard InChI is InChI=1S/C13H16ClN3O2S/c14-7-1-2-11-8(5-7)10(3-4-20-11)17-13(19)9(15)6-12(16)18/h1-2,5,9-10H,3-4,6,15H2,(H2,16,18)(H,17,19). The number of benzene rings is 1. The van der Waals surface area contributed by atoms with Crippen molar-refractivity contribution < 1.29 is 9.59 Å². The molecule has 2 amide bonds. The first-order valence-corrected chi connectivity index (χ1v) is 7.60. The fourth-order valence-corrected chi connectivity index (χ4v) is 3.39. The van der Waals surface area contributed by atoms with Gasteiger partial charge in [0.2, 0.25) is 11.8 Å². The molecule has 1 aromatic carbocycles. The van der Waals surface area contributed by atoms with Gasteiger partial charge in [0.05, 0.1) is 18.5 Å². The van der Waals surface area contributed by atoms with Gasteiger partial charge in [0.25, 0.3) is 0 Å². The van der Waals surface area contributed by atoms with Crippen molar-refractivity contribution in [1.29, 1.82) is 0 Å². The van der Waals surface area contributed by atoms with Gasteiger partial charge in [0.1, 0.15) is 0 Å². The highest BCUT2D eigenvalue weighted by molar-refractivity contribution is 7.99. The van der Waals surface area contributed by atoms with Crippen LogP contribution in [0, 0.1) is 0 Å². The van der Waals surface area contributed by atoms with E-state index in [-0.39, 0.29) is 18.4 Å². The minimum atomic E-state index is -0.912. The SMILES string of the molecule is NC(=O)CC(N)C(=O)NC1CCSc2ccc(Cl)cc21. The minimum Gasteiger partial charge on any atom is -0.370 e. The number of primary amides is 1. The van der Waals surface area contributed by atoms with E-state index in [9.17, 15) is 9.59 Å². The van der Waals surface area contributed by atoms with Gasteiger partial charge in [-0.2, -0.15) is 0 Å². The minimum absolute atomic E-state index is 0.128. The fraction of sp³-hybridized carbons (Fsp3) is 0.385. The van der Waals surface area contributed by atoms with Crippen molar-refractivity contribution in [3.8, 4) is 0 Å². The third-order valence-corrected chi connectivity index (χ3v) is 4.44. The van der Waals surface area contributed by atoms with E-state index in [1.165, 1.54) is 0 Å². The molecule has 0 bridgehead atoms. The molecule has 7 heteroatoms. The maximum absolute atomic E-state index is 12.0. The lowest BCUT2D eigenvalue weighted by molar-refractivity contribution is -0.126. The van der Waals surface area contributed by atoms with Crippen molar-refractivity contribution in [3.63, 3.8) is 0 Å². The molecule has 2 rings (SSSR count). The van der Waals surface area contributed by atoms with Gasteiger partial charge in [-0.05, 0) is 30.2 Å². The summed E-state index contributed by atoms with van der Waals surface area (Å²) in [6.45, 7) is 0. The van der Waals surface area contributed by atoms with Crippen LogP contribution in [0.5, 0.6) is 0 Å². The Morgan fingerprint density at radius 3 is 2.95 bits per heavy atom. The molecular formula is C13H16ClN3O2S. The van der Waals surface area contributed by atoms with Crippen LogP contribution < -0.4 is 16.8 Å². The number of fused-ring (bicyclic) bond motifs is 1. The number of carbonyl (C=O) groups excluding carboxylic acids is 2. The summed E-state index contributed by atoms with van der Waals surface area (Å²) < 4.78 is 0. The Labute approximate surface area is 126 Å². The van der Waals surface area contributed by atoms with Gasteiger partial charge in [-0.25, -0.2) is 0 Å². The van der Waals surface area contributed by atoms with Gasteiger partial charge < -0.3 is 16.8 Å². The quantitative estimate of drug-likeness (QED) is 0.777. The maximum Gasteiger partial charge on any atom is 0.237 e. The van der Waals surface area contributed by atoms with E-state index < -0.39 is 11.9 Å². The number of nitrogens with two attached hydrogens (primary N) is 2. The Bertz CT molecular complexity index is 538. The zero-order valence-electron chi connectivity index (χ0n) is 10.8. The van der Waals surface area contributed by atoms with E-state index >= 15 is 0 Å². The molecule has 0 radical (unpaired) electrons. The van der Waals surface area contributed by atoms with E-state index in [0.29, 0.717) is 5.02 Å². The smallest absolute Gasteiger partial charge is 0.237 e. The second kappa shape index (κ2) is 6.47. The second-order valence-electron chi connectivity index (χ2n) is 4.66. The molecule has 2 unspecified atom stereocenters. The van der Waals surface area contributed by atoms with Crippen LogP contribution in [0.4, 0.5) is 0 Å². The summed E-state index contributed by atoms with van der Waals surface area (Å²) in [5.74, 6) is -0.0492. The molecule has 0 aliphatic carbocycles. The Hall–Kier alpha value is -1.24. The first kappa shape index (κ1) is 15.2. The van der Waals surface area contributed by atoms with Crippen LogP contribution in [0.25, 0.3) is 0 Å².